The van der Waals surface area contributed by atoms with Crippen molar-refractivity contribution in [2.75, 3.05) is 11.9 Å². The summed E-state index contributed by atoms with van der Waals surface area (Å²) in [5.74, 6) is 1.23. The SMILES string of the molecule is Cc1nc(NCCC2CCC(C)CC2)ncc1C(=O)O. The van der Waals surface area contributed by atoms with Crippen molar-refractivity contribution in [3.8, 4) is 0 Å². The number of anilines is 1. The minimum Gasteiger partial charge on any atom is -0.478 e. The first-order chi connectivity index (χ1) is 9.56. The van der Waals surface area contributed by atoms with Gasteiger partial charge in [-0.25, -0.2) is 14.8 Å². The summed E-state index contributed by atoms with van der Waals surface area (Å²) >= 11 is 0. The maximum Gasteiger partial charge on any atom is 0.339 e. The highest BCUT2D eigenvalue weighted by Gasteiger charge is 2.17. The van der Waals surface area contributed by atoms with Gasteiger partial charge < -0.3 is 10.4 Å². The Morgan fingerprint density at radius 2 is 2.10 bits per heavy atom. The van der Waals surface area contributed by atoms with Crippen LogP contribution in [0.3, 0.4) is 0 Å². The highest BCUT2D eigenvalue weighted by atomic mass is 16.4. The maximum atomic E-state index is 10.9. The predicted molar refractivity (Wildman–Crippen MR) is 78.0 cm³/mol. The van der Waals surface area contributed by atoms with E-state index in [1.165, 1.54) is 31.9 Å². The average molecular weight is 277 g/mol. The van der Waals surface area contributed by atoms with E-state index in [-0.39, 0.29) is 5.56 Å². The Morgan fingerprint density at radius 3 is 2.70 bits per heavy atom. The van der Waals surface area contributed by atoms with E-state index >= 15 is 0 Å². The van der Waals surface area contributed by atoms with Crippen LogP contribution in [0.4, 0.5) is 5.95 Å². The largest absolute Gasteiger partial charge is 0.478 e. The molecule has 0 unspecified atom stereocenters. The monoisotopic (exact) mass is 277 g/mol. The highest BCUT2D eigenvalue weighted by Crippen LogP contribution is 2.30. The molecule has 0 radical (unpaired) electrons. The molecule has 1 fully saturated rings. The van der Waals surface area contributed by atoms with E-state index in [1.54, 1.807) is 6.92 Å². The van der Waals surface area contributed by atoms with Gasteiger partial charge in [-0.05, 0) is 25.2 Å². The molecule has 1 saturated carbocycles. The van der Waals surface area contributed by atoms with Gasteiger partial charge in [0, 0.05) is 12.7 Å². The van der Waals surface area contributed by atoms with Crippen LogP contribution < -0.4 is 5.32 Å². The molecular formula is C15H23N3O2. The van der Waals surface area contributed by atoms with Crippen LogP contribution >= 0.6 is 0 Å². The van der Waals surface area contributed by atoms with Gasteiger partial charge in [-0.2, -0.15) is 0 Å². The lowest BCUT2D eigenvalue weighted by Crippen LogP contribution is -2.16. The molecule has 5 heteroatoms. The molecule has 2 N–H and O–H groups in total. The summed E-state index contributed by atoms with van der Waals surface area (Å²) in [6, 6.07) is 0. The Balaban J connectivity index is 1.79. The van der Waals surface area contributed by atoms with Crippen LogP contribution in [0, 0.1) is 18.8 Å². The third kappa shape index (κ3) is 3.92. The summed E-state index contributed by atoms with van der Waals surface area (Å²) < 4.78 is 0. The van der Waals surface area contributed by atoms with Crippen molar-refractivity contribution in [3.05, 3.63) is 17.5 Å². The summed E-state index contributed by atoms with van der Waals surface area (Å²) in [6.45, 7) is 4.87. The van der Waals surface area contributed by atoms with E-state index in [2.05, 4.69) is 22.2 Å². The molecule has 0 aromatic carbocycles. The molecule has 1 aliphatic carbocycles. The number of aromatic nitrogens is 2. The van der Waals surface area contributed by atoms with Gasteiger partial charge in [0.15, 0.2) is 0 Å². The second-order valence-electron chi connectivity index (χ2n) is 5.84. The number of nitrogens with zero attached hydrogens (tertiary/aromatic N) is 2. The van der Waals surface area contributed by atoms with Crippen LogP contribution in [-0.2, 0) is 0 Å². The zero-order valence-corrected chi connectivity index (χ0v) is 12.2. The highest BCUT2D eigenvalue weighted by molar-refractivity contribution is 5.88. The van der Waals surface area contributed by atoms with Crippen molar-refractivity contribution >= 4 is 11.9 Å². The number of nitrogens with one attached hydrogen (secondary N) is 1. The lowest BCUT2D eigenvalue weighted by Gasteiger charge is -2.26. The third-order valence-corrected chi connectivity index (χ3v) is 4.18. The Kier molecular flexibility index (Phi) is 4.93. The molecule has 0 amide bonds. The molecule has 5 nitrogen and oxygen atoms in total. The van der Waals surface area contributed by atoms with E-state index in [0.717, 1.165) is 24.8 Å². The van der Waals surface area contributed by atoms with Gasteiger partial charge in [0.1, 0.15) is 0 Å². The molecule has 1 aliphatic rings. The molecule has 110 valence electrons. The lowest BCUT2D eigenvalue weighted by atomic mass is 9.81. The topological polar surface area (TPSA) is 75.1 Å². The van der Waals surface area contributed by atoms with Crippen LogP contribution in [-0.4, -0.2) is 27.6 Å². The maximum absolute atomic E-state index is 10.9. The van der Waals surface area contributed by atoms with Crippen molar-refractivity contribution in [2.45, 2.75) is 46.0 Å². The first kappa shape index (κ1) is 14.8. The van der Waals surface area contributed by atoms with Gasteiger partial charge in [-0.15, -0.1) is 0 Å². The van der Waals surface area contributed by atoms with E-state index in [0.29, 0.717) is 11.6 Å². The number of carboxylic acids is 1. The lowest BCUT2D eigenvalue weighted by molar-refractivity contribution is 0.0695. The van der Waals surface area contributed by atoms with Gasteiger partial charge in [-0.1, -0.05) is 32.6 Å². The Bertz CT molecular complexity index is 468. The summed E-state index contributed by atoms with van der Waals surface area (Å²) in [4.78, 5) is 19.1. The number of carboxylic acid groups (broad SMARTS) is 1. The second-order valence-corrected chi connectivity index (χ2v) is 5.84. The normalized spacial score (nSPS) is 22.5. The van der Waals surface area contributed by atoms with E-state index in [9.17, 15) is 4.79 Å². The van der Waals surface area contributed by atoms with Gasteiger partial charge in [0.05, 0.1) is 11.3 Å². The molecule has 2 rings (SSSR count). The third-order valence-electron chi connectivity index (χ3n) is 4.18. The van der Waals surface area contributed by atoms with Gasteiger partial charge in [0.2, 0.25) is 5.95 Å². The summed E-state index contributed by atoms with van der Waals surface area (Å²) in [7, 11) is 0. The summed E-state index contributed by atoms with van der Waals surface area (Å²) in [5, 5.41) is 12.1. The van der Waals surface area contributed by atoms with Crippen molar-refractivity contribution in [2.24, 2.45) is 11.8 Å². The van der Waals surface area contributed by atoms with Crippen LogP contribution in [0.5, 0.6) is 0 Å². The van der Waals surface area contributed by atoms with E-state index in [1.807, 2.05) is 0 Å². The van der Waals surface area contributed by atoms with E-state index in [4.69, 9.17) is 5.11 Å². The standard InChI is InChI=1S/C15H23N3O2/c1-10-3-5-12(6-4-10)7-8-16-15-17-9-13(14(19)20)11(2)18-15/h9-10,12H,3-8H2,1-2H3,(H,19,20)(H,16,17,18). The predicted octanol–water partition coefficient (Wildman–Crippen LogP) is 3.11. The molecule has 20 heavy (non-hydrogen) atoms. The van der Waals surface area contributed by atoms with Crippen molar-refractivity contribution in [1.82, 2.24) is 9.97 Å². The number of carbonyl (C=O) groups is 1. The van der Waals surface area contributed by atoms with Crippen molar-refractivity contribution < 1.29 is 9.90 Å². The van der Waals surface area contributed by atoms with Crippen molar-refractivity contribution in [1.29, 1.82) is 0 Å². The second kappa shape index (κ2) is 6.68. The number of rotatable bonds is 5. The zero-order chi connectivity index (χ0) is 14.5. The number of aryl methyl sites for hydroxylation is 1. The number of aromatic carboxylic acids is 1. The molecule has 1 aromatic heterocycles. The average Bonchev–Trinajstić information content (AvgIpc) is 2.41. The summed E-state index contributed by atoms with van der Waals surface area (Å²) in [5.41, 5.74) is 0.665. The molecule has 0 atom stereocenters. The smallest absolute Gasteiger partial charge is 0.339 e. The van der Waals surface area contributed by atoms with Crippen LogP contribution in [0.15, 0.2) is 6.20 Å². The minimum atomic E-state index is -0.981. The van der Waals surface area contributed by atoms with Crippen molar-refractivity contribution in [3.63, 3.8) is 0 Å². The molecule has 0 saturated heterocycles. The Morgan fingerprint density at radius 1 is 1.40 bits per heavy atom. The molecule has 1 aromatic rings. The Labute approximate surface area is 119 Å². The molecule has 1 heterocycles. The van der Waals surface area contributed by atoms with Crippen LogP contribution in [0.25, 0.3) is 0 Å². The van der Waals surface area contributed by atoms with Gasteiger partial charge in [0.25, 0.3) is 0 Å². The summed E-state index contributed by atoms with van der Waals surface area (Å²) in [6.07, 6.45) is 7.83. The minimum absolute atomic E-state index is 0.164. The molecular weight excluding hydrogens is 254 g/mol. The van der Waals surface area contributed by atoms with Crippen LogP contribution in [0.2, 0.25) is 0 Å². The first-order valence-corrected chi connectivity index (χ1v) is 7.37. The fourth-order valence-corrected chi connectivity index (χ4v) is 2.77. The fraction of sp³-hybridized carbons (Fsp3) is 0.667. The molecule has 0 spiro atoms. The molecule has 0 aliphatic heterocycles. The van der Waals surface area contributed by atoms with Gasteiger partial charge in [-0.3, -0.25) is 0 Å². The number of hydrogen-bond acceptors (Lipinski definition) is 4. The van der Waals surface area contributed by atoms with Crippen LogP contribution in [0.1, 0.15) is 55.1 Å². The quantitative estimate of drug-likeness (QED) is 0.865. The fourth-order valence-electron chi connectivity index (χ4n) is 2.77. The Hall–Kier alpha value is -1.65. The van der Waals surface area contributed by atoms with E-state index < -0.39 is 5.97 Å². The first-order valence-electron chi connectivity index (χ1n) is 7.37. The molecule has 0 bridgehead atoms. The number of hydrogen-bond donors (Lipinski definition) is 2. The zero-order valence-electron chi connectivity index (χ0n) is 12.2. The van der Waals surface area contributed by atoms with Gasteiger partial charge >= 0.3 is 5.97 Å².